The summed E-state index contributed by atoms with van der Waals surface area (Å²) in [6.07, 6.45) is 8.82. The van der Waals surface area contributed by atoms with Crippen LogP contribution in [0.2, 0.25) is 0 Å². The van der Waals surface area contributed by atoms with Gasteiger partial charge in [-0.2, -0.15) is 9.30 Å². The molecule has 0 atom stereocenters. The summed E-state index contributed by atoms with van der Waals surface area (Å²) in [7, 11) is -2.08. The molecule has 3 rings (SSSR count). The van der Waals surface area contributed by atoms with Gasteiger partial charge in [0.05, 0.1) is 21.7 Å². The van der Waals surface area contributed by atoms with Crippen molar-refractivity contribution in [3.05, 3.63) is 58.4 Å². The van der Waals surface area contributed by atoms with E-state index < -0.39 is 15.9 Å². The lowest BCUT2D eigenvalue weighted by molar-refractivity contribution is 0.0998. The number of carbonyl (C=O) groups excluding carboxylic acids is 1. The van der Waals surface area contributed by atoms with Crippen LogP contribution in [-0.2, 0) is 23.0 Å². The molecular weight excluding hydrogens is 454 g/mol. The predicted octanol–water partition coefficient (Wildman–Crippen LogP) is 4.45. The molecule has 1 heterocycles. The highest BCUT2D eigenvalue weighted by Gasteiger charge is 2.23. The number of thiazole rings is 1. The lowest BCUT2D eigenvalue weighted by Crippen LogP contribution is -2.33. The highest BCUT2D eigenvalue weighted by Crippen LogP contribution is 2.21. The number of hydrogen-bond donors (Lipinski definition) is 0. The Bertz CT molecular complexity index is 1360. The molecule has 2 aromatic carbocycles. The smallest absolute Gasteiger partial charge is 0.279 e. The number of rotatable bonds is 8. The number of aromatic nitrogens is 1. The summed E-state index contributed by atoms with van der Waals surface area (Å²) in [6, 6.07) is 12.0. The van der Waals surface area contributed by atoms with Gasteiger partial charge in [0.1, 0.15) is 0 Å². The summed E-state index contributed by atoms with van der Waals surface area (Å²) in [5, 5.41) is 0. The Morgan fingerprint density at radius 3 is 2.52 bits per heavy atom. The molecule has 0 saturated heterocycles. The maximum atomic E-state index is 12.9. The van der Waals surface area contributed by atoms with Crippen molar-refractivity contribution in [2.45, 2.75) is 57.5 Å². The van der Waals surface area contributed by atoms with E-state index in [0.717, 1.165) is 29.5 Å². The normalized spacial score (nSPS) is 12.6. The molecule has 0 fully saturated rings. The maximum Gasteiger partial charge on any atom is 0.279 e. The molecule has 1 aromatic heterocycles. The Labute approximate surface area is 199 Å². The van der Waals surface area contributed by atoms with Crippen molar-refractivity contribution in [2.24, 2.45) is 4.99 Å². The first-order chi connectivity index (χ1) is 15.7. The zero-order chi connectivity index (χ0) is 24.2. The van der Waals surface area contributed by atoms with Gasteiger partial charge in [-0.05, 0) is 68.7 Å². The fourth-order valence-electron chi connectivity index (χ4n) is 3.35. The van der Waals surface area contributed by atoms with Crippen LogP contribution in [0.1, 0.15) is 49.5 Å². The molecule has 0 aliphatic carbocycles. The van der Waals surface area contributed by atoms with Crippen LogP contribution < -0.4 is 4.80 Å². The Hall–Kier alpha value is -2.73. The second kappa shape index (κ2) is 10.5. The average Bonchev–Trinajstić information content (AvgIpc) is 3.13. The van der Waals surface area contributed by atoms with Crippen LogP contribution in [0.25, 0.3) is 10.2 Å². The van der Waals surface area contributed by atoms with Crippen molar-refractivity contribution in [2.75, 3.05) is 7.05 Å². The molecule has 6 nitrogen and oxygen atoms in total. The largest absolute Gasteiger partial charge is 0.305 e. The van der Waals surface area contributed by atoms with Crippen molar-refractivity contribution < 1.29 is 13.2 Å². The van der Waals surface area contributed by atoms with Crippen LogP contribution in [0.4, 0.5) is 0 Å². The maximum absolute atomic E-state index is 12.9. The zero-order valence-corrected chi connectivity index (χ0v) is 21.0. The summed E-state index contributed by atoms with van der Waals surface area (Å²) in [5.74, 6) is 2.19. The van der Waals surface area contributed by atoms with Crippen molar-refractivity contribution in [1.82, 2.24) is 8.87 Å². The quantitative estimate of drug-likeness (QED) is 0.445. The van der Waals surface area contributed by atoms with E-state index in [0.29, 0.717) is 16.9 Å². The van der Waals surface area contributed by atoms with Crippen molar-refractivity contribution in [3.63, 3.8) is 0 Å². The molecule has 3 aromatic rings. The topological polar surface area (TPSA) is 71.7 Å². The number of carbonyl (C=O) groups is 1. The molecule has 33 heavy (non-hydrogen) atoms. The SMILES string of the molecule is C#CCn1c(=NC(=O)c2ccc(S(=O)(=O)N(C)C(C)C)cc2)sc2cc(CCCC)ccc21. The van der Waals surface area contributed by atoms with Crippen LogP contribution in [0.5, 0.6) is 0 Å². The van der Waals surface area contributed by atoms with E-state index in [2.05, 4.69) is 30.0 Å². The van der Waals surface area contributed by atoms with Crippen LogP contribution in [-0.4, -0.2) is 36.3 Å². The minimum Gasteiger partial charge on any atom is -0.305 e. The highest BCUT2D eigenvalue weighted by molar-refractivity contribution is 7.89. The Kier molecular flexibility index (Phi) is 7.90. The average molecular weight is 484 g/mol. The number of aryl methyl sites for hydroxylation is 1. The molecule has 0 aliphatic heterocycles. The first-order valence-electron chi connectivity index (χ1n) is 10.9. The second-order valence-corrected chi connectivity index (χ2v) is 11.1. The van der Waals surface area contributed by atoms with Crippen LogP contribution in [0, 0.1) is 12.3 Å². The van der Waals surface area contributed by atoms with Gasteiger partial charge in [-0.1, -0.05) is 36.7 Å². The first-order valence-corrected chi connectivity index (χ1v) is 13.2. The monoisotopic (exact) mass is 483 g/mol. The zero-order valence-electron chi connectivity index (χ0n) is 19.4. The molecule has 0 bridgehead atoms. The van der Waals surface area contributed by atoms with Crippen molar-refractivity contribution in [3.8, 4) is 12.3 Å². The van der Waals surface area contributed by atoms with E-state index in [1.807, 2.05) is 10.6 Å². The van der Waals surface area contributed by atoms with Gasteiger partial charge in [-0.25, -0.2) is 8.42 Å². The van der Waals surface area contributed by atoms with E-state index in [1.165, 1.54) is 52.5 Å². The number of nitrogens with zero attached hydrogens (tertiary/aromatic N) is 3. The first kappa shape index (κ1) is 24.9. The van der Waals surface area contributed by atoms with Crippen molar-refractivity contribution >= 4 is 37.5 Å². The fraction of sp³-hybridized carbons (Fsp3) is 0.360. The summed E-state index contributed by atoms with van der Waals surface area (Å²) in [6.45, 7) is 6.08. The molecule has 0 unspecified atom stereocenters. The second-order valence-electron chi connectivity index (χ2n) is 8.14. The summed E-state index contributed by atoms with van der Waals surface area (Å²) < 4.78 is 29.5. The number of hydrogen-bond acceptors (Lipinski definition) is 4. The van der Waals surface area contributed by atoms with Gasteiger partial charge < -0.3 is 4.57 Å². The molecule has 0 saturated carbocycles. The number of fused-ring (bicyclic) bond motifs is 1. The van der Waals surface area contributed by atoms with E-state index in [9.17, 15) is 13.2 Å². The van der Waals surface area contributed by atoms with Gasteiger partial charge in [0.15, 0.2) is 4.80 Å². The van der Waals surface area contributed by atoms with Crippen LogP contribution >= 0.6 is 11.3 Å². The van der Waals surface area contributed by atoms with E-state index >= 15 is 0 Å². The van der Waals surface area contributed by atoms with Gasteiger partial charge in [-0.15, -0.1) is 6.42 Å². The van der Waals surface area contributed by atoms with Gasteiger partial charge in [0.25, 0.3) is 5.91 Å². The van der Waals surface area contributed by atoms with E-state index in [4.69, 9.17) is 6.42 Å². The number of sulfonamides is 1. The lowest BCUT2D eigenvalue weighted by atomic mass is 10.1. The van der Waals surface area contributed by atoms with Gasteiger partial charge in [0.2, 0.25) is 10.0 Å². The molecular formula is C25H29N3O3S2. The van der Waals surface area contributed by atoms with E-state index in [-0.39, 0.29) is 10.9 Å². The number of benzene rings is 2. The minimum atomic E-state index is -3.61. The summed E-state index contributed by atoms with van der Waals surface area (Å²) in [4.78, 5) is 17.9. The molecule has 0 radical (unpaired) electrons. The third kappa shape index (κ3) is 5.44. The number of unbranched alkanes of at least 4 members (excludes halogenated alkanes) is 1. The molecule has 174 valence electrons. The van der Waals surface area contributed by atoms with Gasteiger partial charge in [0, 0.05) is 18.7 Å². The third-order valence-corrected chi connectivity index (χ3v) is 8.61. The Morgan fingerprint density at radius 1 is 1.21 bits per heavy atom. The van der Waals surface area contributed by atoms with Gasteiger partial charge >= 0.3 is 0 Å². The molecule has 0 spiro atoms. The van der Waals surface area contributed by atoms with Crippen molar-refractivity contribution in [1.29, 1.82) is 0 Å². The van der Waals surface area contributed by atoms with Gasteiger partial charge in [-0.3, -0.25) is 4.79 Å². The minimum absolute atomic E-state index is 0.138. The molecule has 1 amide bonds. The highest BCUT2D eigenvalue weighted by atomic mass is 32.2. The number of terminal acetylenes is 1. The van der Waals surface area contributed by atoms with E-state index in [1.54, 1.807) is 13.8 Å². The van der Waals surface area contributed by atoms with Crippen LogP contribution in [0.15, 0.2) is 52.4 Å². The predicted molar refractivity (Wildman–Crippen MR) is 134 cm³/mol. The Morgan fingerprint density at radius 2 is 1.91 bits per heavy atom. The number of amides is 1. The standard InChI is InChI=1S/C25H29N3O3S2/c1-6-8-9-19-10-15-22-23(17-19)32-25(28(22)16-7-2)26-24(29)20-11-13-21(14-12-20)33(30,31)27(5)18(3)4/h2,10-15,17-18H,6,8-9,16H2,1,3-5H3. The summed E-state index contributed by atoms with van der Waals surface area (Å²) in [5.41, 5.74) is 2.51. The van der Waals surface area contributed by atoms with Crippen LogP contribution in [0.3, 0.4) is 0 Å². The molecule has 0 N–H and O–H groups in total. The molecule has 8 heteroatoms. The molecule has 0 aliphatic rings. The third-order valence-electron chi connectivity index (χ3n) is 5.52. The Balaban J connectivity index is 1.97. The summed E-state index contributed by atoms with van der Waals surface area (Å²) >= 11 is 1.43. The fourth-order valence-corrected chi connectivity index (χ4v) is 5.81. The lowest BCUT2D eigenvalue weighted by Gasteiger charge is -2.20.